The van der Waals surface area contributed by atoms with Crippen molar-refractivity contribution in [3.8, 4) is 11.1 Å². The number of rotatable bonds is 5. The molecule has 29 heavy (non-hydrogen) atoms. The smallest absolute Gasteiger partial charge is 0.234 e. The molecule has 0 spiro atoms. The molecule has 2 aromatic heterocycles. The molecule has 1 saturated heterocycles. The number of hydrogen-bond donors (Lipinski definition) is 1. The molecule has 1 saturated carbocycles. The molecule has 1 amide bonds. The van der Waals surface area contributed by atoms with Crippen LogP contribution in [0.4, 0.5) is 5.82 Å². The Bertz CT molecular complexity index is 1020. The first kappa shape index (κ1) is 18.5. The van der Waals surface area contributed by atoms with Gasteiger partial charge in [0.05, 0.1) is 11.9 Å². The summed E-state index contributed by atoms with van der Waals surface area (Å²) in [5.41, 5.74) is 2.40. The van der Waals surface area contributed by atoms with Crippen molar-refractivity contribution in [2.45, 2.75) is 25.8 Å². The molecule has 5 rings (SSSR count). The van der Waals surface area contributed by atoms with Crippen molar-refractivity contribution in [1.82, 2.24) is 20.2 Å². The van der Waals surface area contributed by atoms with Crippen LogP contribution in [0.25, 0.3) is 21.3 Å². The van der Waals surface area contributed by atoms with Crippen molar-refractivity contribution in [2.24, 2.45) is 0 Å². The van der Waals surface area contributed by atoms with Crippen LogP contribution < -0.4 is 10.2 Å². The number of nitrogens with zero attached hydrogens (tertiary/aromatic N) is 4. The normalized spacial score (nSPS) is 17.6. The van der Waals surface area contributed by atoms with E-state index in [1.54, 1.807) is 11.3 Å². The highest BCUT2D eigenvalue weighted by Gasteiger charge is 2.26. The first-order valence-corrected chi connectivity index (χ1v) is 11.1. The van der Waals surface area contributed by atoms with Gasteiger partial charge in [-0.25, -0.2) is 9.97 Å². The number of carbonyl (C=O) groups is 1. The summed E-state index contributed by atoms with van der Waals surface area (Å²) in [5, 5.41) is 6.42. The van der Waals surface area contributed by atoms with E-state index >= 15 is 0 Å². The highest BCUT2D eigenvalue weighted by Crippen LogP contribution is 2.38. The number of aromatic nitrogens is 2. The zero-order chi connectivity index (χ0) is 19.8. The minimum atomic E-state index is 0.158. The monoisotopic (exact) mass is 407 g/mol. The minimum Gasteiger partial charge on any atom is -0.353 e. The van der Waals surface area contributed by atoms with E-state index in [1.165, 1.54) is 11.1 Å². The van der Waals surface area contributed by atoms with Gasteiger partial charge >= 0.3 is 0 Å². The van der Waals surface area contributed by atoms with Gasteiger partial charge in [0.25, 0.3) is 0 Å². The van der Waals surface area contributed by atoms with Crippen molar-refractivity contribution >= 4 is 33.3 Å². The predicted octanol–water partition coefficient (Wildman–Crippen LogP) is 3.07. The number of nitrogens with one attached hydrogen (secondary N) is 1. The van der Waals surface area contributed by atoms with E-state index in [-0.39, 0.29) is 5.91 Å². The standard InChI is InChI=1S/C22H25N5OS/c1-15-23-21(20-18(14-29-22(20)24-15)16-5-3-2-4-6-16)27-11-9-26(10-12-27)13-19(28)25-17-7-8-17/h2-6,14,17H,7-13H2,1H3,(H,25,28). The third-order valence-corrected chi connectivity index (χ3v) is 6.46. The molecule has 0 unspecified atom stereocenters. The van der Waals surface area contributed by atoms with Gasteiger partial charge in [-0.15, -0.1) is 11.3 Å². The number of thiophene rings is 1. The Morgan fingerprint density at radius 2 is 1.90 bits per heavy atom. The van der Waals surface area contributed by atoms with Gasteiger partial charge in [-0.1, -0.05) is 30.3 Å². The van der Waals surface area contributed by atoms with Gasteiger partial charge in [0.2, 0.25) is 5.91 Å². The van der Waals surface area contributed by atoms with Gasteiger partial charge in [0.1, 0.15) is 16.5 Å². The van der Waals surface area contributed by atoms with Crippen molar-refractivity contribution in [1.29, 1.82) is 0 Å². The van der Waals surface area contributed by atoms with E-state index in [0.29, 0.717) is 12.6 Å². The van der Waals surface area contributed by atoms with E-state index in [1.807, 2.05) is 13.0 Å². The molecule has 0 atom stereocenters. The van der Waals surface area contributed by atoms with Gasteiger partial charge in [0.15, 0.2) is 0 Å². The Morgan fingerprint density at radius 3 is 2.62 bits per heavy atom. The van der Waals surface area contributed by atoms with Crippen LogP contribution >= 0.6 is 11.3 Å². The molecule has 0 bridgehead atoms. The van der Waals surface area contributed by atoms with Crippen molar-refractivity contribution in [3.63, 3.8) is 0 Å². The van der Waals surface area contributed by atoms with Gasteiger partial charge in [-0.3, -0.25) is 9.69 Å². The van der Waals surface area contributed by atoms with Crippen LogP contribution in [0.3, 0.4) is 0 Å². The number of hydrogen-bond acceptors (Lipinski definition) is 6. The third-order valence-electron chi connectivity index (χ3n) is 5.59. The summed E-state index contributed by atoms with van der Waals surface area (Å²) >= 11 is 1.68. The molecular weight excluding hydrogens is 382 g/mol. The molecular formula is C22H25N5OS. The lowest BCUT2D eigenvalue weighted by Crippen LogP contribution is -2.50. The van der Waals surface area contributed by atoms with E-state index in [0.717, 1.165) is 60.9 Å². The largest absolute Gasteiger partial charge is 0.353 e. The van der Waals surface area contributed by atoms with E-state index in [2.05, 4.69) is 49.7 Å². The van der Waals surface area contributed by atoms with Crippen LogP contribution in [0.1, 0.15) is 18.7 Å². The van der Waals surface area contributed by atoms with Crippen molar-refractivity contribution in [3.05, 3.63) is 41.5 Å². The molecule has 7 heteroatoms. The van der Waals surface area contributed by atoms with E-state index in [4.69, 9.17) is 4.98 Å². The summed E-state index contributed by atoms with van der Waals surface area (Å²) in [7, 11) is 0. The molecule has 1 N–H and O–H groups in total. The zero-order valence-electron chi connectivity index (χ0n) is 16.6. The van der Waals surface area contributed by atoms with Gasteiger partial charge in [-0.05, 0) is 25.3 Å². The highest BCUT2D eigenvalue weighted by atomic mass is 32.1. The van der Waals surface area contributed by atoms with Gasteiger partial charge in [0, 0.05) is 43.2 Å². The van der Waals surface area contributed by atoms with Crippen LogP contribution in [0, 0.1) is 6.92 Å². The molecule has 1 aliphatic carbocycles. The molecule has 2 fully saturated rings. The van der Waals surface area contributed by atoms with Crippen LogP contribution in [-0.4, -0.2) is 59.5 Å². The maximum atomic E-state index is 12.1. The lowest BCUT2D eigenvalue weighted by atomic mass is 10.1. The Kier molecular flexibility index (Phi) is 4.93. The average Bonchev–Trinajstić information content (AvgIpc) is 3.44. The fraction of sp³-hybridized carbons (Fsp3) is 0.409. The molecule has 3 aromatic rings. The number of amides is 1. The molecule has 6 nitrogen and oxygen atoms in total. The van der Waals surface area contributed by atoms with Crippen LogP contribution in [0.5, 0.6) is 0 Å². The second kappa shape index (κ2) is 7.72. The number of carbonyl (C=O) groups excluding carboxylic acids is 1. The van der Waals surface area contributed by atoms with Crippen LogP contribution in [-0.2, 0) is 4.79 Å². The van der Waals surface area contributed by atoms with Gasteiger partial charge < -0.3 is 10.2 Å². The van der Waals surface area contributed by atoms with Crippen LogP contribution in [0.15, 0.2) is 35.7 Å². The van der Waals surface area contributed by atoms with Crippen LogP contribution in [0.2, 0.25) is 0 Å². The molecule has 0 radical (unpaired) electrons. The lowest BCUT2D eigenvalue weighted by Gasteiger charge is -2.35. The highest BCUT2D eigenvalue weighted by molar-refractivity contribution is 7.17. The number of aryl methyl sites for hydroxylation is 1. The second-order valence-corrected chi connectivity index (χ2v) is 8.75. The van der Waals surface area contributed by atoms with Crippen molar-refractivity contribution in [2.75, 3.05) is 37.6 Å². The Labute approximate surface area is 174 Å². The fourth-order valence-electron chi connectivity index (χ4n) is 3.91. The van der Waals surface area contributed by atoms with Gasteiger partial charge in [-0.2, -0.15) is 0 Å². The number of piperazine rings is 1. The summed E-state index contributed by atoms with van der Waals surface area (Å²) in [6, 6.07) is 10.9. The summed E-state index contributed by atoms with van der Waals surface area (Å²) in [4.78, 5) is 27.3. The number of benzene rings is 1. The summed E-state index contributed by atoms with van der Waals surface area (Å²) in [6.07, 6.45) is 2.26. The number of anilines is 1. The minimum absolute atomic E-state index is 0.158. The molecule has 2 aliphatic rings. The first-order chi connectivity index (χ1) is 14.2. The summed E-state index contributed by atoms with van der Waals surface area (Å²) in [5.74, 6) is 1.99. The first-order valence-electron chi connectivity index (χ1n) is 10.3. The topological polar surface area (TPSA) is 61.4 Å². The SMILES string of the molecule is Cc1nc(N2CCN(CC(=O)NC3CC3)CC2)c2c(-c3ccccc3)csc2n1. The second-order valence-electron chi connectivity index (χ2n) is 7.89. The third kappa shape index (κ3) is 3.97. The summed E-state index contributed by atoms with van der Waals surface area (Å²) in [6.45, 7) is 5.93. The Hall–Kier alpha value is -2.51. The maximum absolute atomic E-state index is 12.1. The van der Waals surface area contributed by atoms with E-state index in [9.17, 15) is 4.79 Å². The maximum Gasteiger partial charge on any atom is 0.234 e. The Morgan fingerprint density at radius 1 is 1.14 bits per heavy atom. The van der Waals surface area contributed by atoms with Crippen molar-refractivity contribution < 1.29 is 4.79 Å². The molecule has 3 heterocycles. The molecule has 1 aliphatic heterocycles. The number of fused-ring (bicyclic) bond motifs is 1. The lowest BCUT2D eigenvalue weighted by molar-refractivity contribution is -0.122. The fourth-order valence-corrected chi connectivity index (χ4v) is 4.90. The summed E-state index contributed by atoms with van der Waals surface area (Å²) < 4.78 is 0. The molecule has 1 aromatic carbocycles. The predicted molar refractivity (Wildman–Crippen MR) is 117 cm³/mol. The molecule has 150 valence electrons. The quantitative estimate of drug-likeness (QED) is 0.704. The average molecular weight is 408 g/mol. The zero-order valence-corrected chi connectivity index (χ0v) is 17.4. The van der Waals surface area contributed by atoms with E-state index < -0.39 is 0 Å². The Balaban J connectivity index is 1.37.